The van der Waals surface area contributed by atoms with Crippen molar-refractivity contribution >= 4 is 23.5 Å². The minimum absolute atomic E-state index is 0.302. The lowest BCUT2D eigenvalue weighted by molar-refractivity contribution is 0.166. The molecule has 1 N–H and O–H groups in total. The Kier molecular flexibility index (Phi) is 3.99. The Labute approximate surface area is 98.7 Å². The summed E-state index contributed by atoms with van der Waals surface area (Å²) in [4.78, 5) is 4.25. The summed E-state index contributed by atoms with van der Waals surface area (Å²) in [5.74, 6) is 4.19. The number of rotatable bonds is 3. The van der Waals surface area contributed by atoms with Crippen molar-refractivity contribution < 1.29 is 5.11 Å². The van der Waals surface area contributed by atoms with E-state index in [1.54, 1.807) is 6.20 Å². The highest BCUT2D eigenvalue weighted by Gasteiger charge is 2.26. The molecule has 3 nitrogen and oxygen atoms in total. The molecule has 0 saturated carbocycles. The maximum Gasteiger partial charge on any atom is 0.138 e. The van der Waals surface area contributed by atoms with Crippen molar-refractivity contribution in [1.82, 2.24) is 9.55 Å². The number of hydrogen-bond acceptors (Lipinski definition) is 4. The van der Waals surface area contributed by atoms with Gasteiger partial charge in [0.15, 0.2) is 0 Å². The highest BCUT2D eigenvalue weighted by molar-refractivity contribution is 8.06. The second-order valence-electron chi connectivity index (χ2n) is 3.50. The molecule has 1 aromatic rings. The van der Waals surface area contributed by atoms with Crippen LogP contribution in [0.5, 0.6) is 0 Å². The van der Waals surface area contributed by atoms with Gasteiger partial charge in [-0.2, -0.15) is 23.5 Å². The second-order valence-corrected chi connectivity index (χ2v) is 6.00. The van der Waals surface area contributed by atoms with E-state index in [1.165, 1.54) is 5.75 Å². The molecule has 0 bridgehead atoms. The average molecular weight is 244 g/mol. The molecular formula is C10H16N2OS2. The molecule has 5 heteroatoms. The third-order valence-corrected chi connectivity index (χ3v) is 5.40. The van der Waals surface area contributed by atoms with E-state index in [-0.39, 0.29) is 0 Å². The standard InChI is InChI=1S/C10H16N2OS2/c1-2-12-4-3-11-10(12)9(13)8-7-14-5-6-15-8/h3-4,8-9,13H,2,5-7H2,1H3. The van der Waals surface area contributed by atoms with Gasteiger partial charge in [-0.25, -0.2) is 4.98 Å². The molecule has 1 saturated heterocycles. The Hall–Kier alpha value is -0.130. The van der Waals surface area contributed by atoms with Crippen LogP contribution in [-0.2, 0) is 6.54 Å². The molecule has 2 heterocycles. The minimum atomic E-state index is -0.419. The fraction of sp³-hybridized carbons (Fsp3) is 0.700. The molecule has 1 fully saturated rings. The Morgan fingerprint density at radius 3 is 3.20 bits per heavy atom. The molecule has 0 spiro atoms. The maximum absolute atomic E-state index is 10.2. The van der Waals surface area contributed by atoms with Crippen molar-refractivity contribution in [3.05, 3.63) is 18.2 Å². The van der Waals surface area contributed by atoms with Crippen LogP contribution in [0.2, 0.25) is 0 Å². The minimum Gasteiger partial charge on any atom is -0.384 e. The lowest BCUT2D eigenvalue weighted by atomic mass is 10.2. The van der Waals surface area contributed by atoms with Gasteiger partial charge in [-0.05, 0) is 6.92 Å². The number of aliphatic hydroxyl groups is 1. The molecule has 0 amide bonds. The molecule has 2 unspecified atom stereocenters. The highest BCUT2D eigenvalue weighted by Crippen LogP contribution is 2.32. The third-order valence-electron chi connectivity index (χ3n) is 2.55. The van der Waals surface area contributed by atoms with Gasteiger partial charge in [-0.15, -0.1) is 0 Å². The van der Waals surface area contributed by atoms with Gasteiger partial charge >= 0.3 is 0 Å². The monoisotopic (exact) mass is 244 g/mol. The number of nitrogens with zero attached hydrogens (tertiary/aromatic N) is 2. The molecule has 0 radical (unpaired) electrons. The first kappa shape index (κ1) is 11.4. The van der Waals surface area contributed by atoms with Crippen molar-refractivity contribution in [2.45, 2.75) is 24.8 Å². The van der Waals surface area contributed by atoms with Crippen LogP contribution >= 0.6 is 23.5 Å². The van der Waals surface area contributed by atoms with Gasteiger partial charge in [0, 0.05) is 41.4 Å². The van der Waals surface area contributed by atoms with Crippen molar-refractivity contribution in [2.24, 2.45) is 0 Å². The van der Waals surface area contributed by atoms with E-state index in [0.717, 1.165) is 23.9 Å². The molecule has 0 aliphatic carbocycles. The Bertz CT molecular complexity index is 310. The van der Waals surface area contributed by atoms with E-state index in [2.05, 4.69) is 11.9 Å². The number of aromatic nitrogens is 2. The summed E-state index contributed by atoms with van der Waals surface area (Å²) in [5, 5.41) is 10.5. The van der Waals surface area contributed by atoms with Crippen LogP contribution in [0.1, 0.15) is 18.9 Å². The summed E-state index contributed by atoms with van der Waals surface area (Å²) in [7, 11) is 0. The Balaban J connectivity index is 2.08. The summed E-state index contributed by atoms with van der Waals surface area (Å²) in [6.45, 7) is 2.94. The number of aryl methyl sites for hydroxylation is 1. The lowest BCUT2D eigenvalue weighted by Crippen LogP contribution is -2.24. The van der Waals surface area contributed by atoms with Crippen molar-refractivity contribution in [3.8, 4) is 0 Å². The quantitative estimate of drug-likeness (QED) is 0.879. The molecule has 84 valence electrons. The number of imidazole rings is 1. The van der Waals surface area contributed by atoms with E-state index >= 15 is 0 Å². The van der Waals surface area contributed by atoms with E-state index in [4.69, 9.17) is 0 Å². The fourth-order valence-electron chi connectivity index (χ4n) is 1.71. The van der Waals surface area contributed by atoms with Gasteiger partial charge in [0.2, 0.25) is 0 Å². The molecule has 1 aliphatic heterocycles. The third kappa shape index (κ3) is 2.52. The number of aliphatic hydroxyl groups excluding tert-OH is 1. The normalized spacial score (nSPS) is 24.0. The lowest BCUT2D eigenvalue weighted by Gasteiger charge is -2.25. The van der Waals surface area contributed by atoms with E-state index in [9.17, 15) is 5.11 Å². The SMILES string of the molecule is CCn1ccnc1C(O)C1CSCCS1. The molecule has 0 aromatic carbocycles. The number of hydrogen-bond donors (Lipinski definition) is 1. The van der Waals surface area contributed by atoms with Gasteiger partial charge in [-0.1, -0.05) is 0 Å². The van der Waals surface area contributed by atoms with Crippen LogP contribution in [0, 0.1) is 0 Å². The summed E-state index contributed by atoms with van der Waals surface area (Å²) in [6, 6.07) is 0. The Morgan fingerprint density at radius 2 is 2.53 bits per heavy atom. The molecule has 1 aromatic heterocycles. The van der Waals surface area contributed by atoms with E-state index in [1.807, 2.05) is 34.3 Å². The fourth-order valence-corrected chi connectivity index (χ4v) is 4.43. The Morgan fingerprint density at radius 1 is 1.67 bits per heavy atom. The first-order valence-electron chi connectivity index (χ1n) is 5.21. The smallest absolute Gasteiger partial charge is 0.138 e. The molecule has 2 rings (SSSR count). The van der Waals surface area contributed by atoms with Crippen molar-refractivity contribution in [2.75, 3.05) is 17.3 Å². The molecule has 1 aliphatic rings. The zero-order valence-corrected chi connectivity index (χ0v) is 10.4. The topological polar surface area (TPSA) is 38.0 Å². The van der Waals surface area contributed by atoms with Crippen LogP contribution in [0.15, 0.2) is 12.4 Å². The highest BCUT2D eigenvalue weighted by atomic mass is 32.2. The van der Waals surface area contributed by atoms with Gasteiger partial charge in [0.05, 0.1) is 0 Å². The first-order chi connectivity index (χ1) is 7.33. The van der Waals surface area contributed by atoms with Crippen molar-refractivity contribution in [3.63, 3.8) is 0 Å². The maximum atomic E-state index is 10.2. The largest absolute Gasteiger partial charge is 0.384 e. The molecule has 15 heavy (non-hydrogen) atoms. The summed E-state index contributed by atoms with van der Waals surface area (Å²) >= 11 is 3.79. The van der Waals surface area contributed by atoms with Gasteiger partial charge < -0.3 is 9.67 Å². The molecular weight excluding hydrogens is 228 g/mol. The summed E-state index contributed by atoms with van der Waals surface area (Å²) in [5.41, 5.74) is 0. The predicted molar refractivity (Wildman–Crippen MR) is 66.4 cm³/mol. The van der Waals surface area contributed by atoms with Gasteiger partial charge in [0.1, 0.15) is 11.9 Å². The van der Waals surface area contributed by atoms with Crippen molar-refractivity contribution in [1.29, 1.82) is 0 Å². The molecule has 2 atom stereocenters. The van der Waals surface area contributed by atoms with E-state index in [0.29, 0.717) is 5.25 Å². The predicted octanol–water partition coefficient (Wildman–Crippen LogP) is 1.78. The van der Waals surface area contributed by atoms with Gasteiger partial charge in [-0.3, -0.25) is 0 Å². The van der Waals surface area contributed by atoms with Crippen LogP contribution in [-0.4, -0.2) is 37.2 Å². The summed E-state index contributed by atoms with van der Waals surface area (Å²) in [6.07, 6.45) is 3.28. The first-order valence-corrected chi connectivity index (χ1v) is 7.41. The van der Waals surface area contributed by atoms with Gasteiger partial charge in [0.25, 0.3) is 0 Å². The van der Waals surface area contributed by atoms with Crippen LogP contribution in [0.3, 0.4) is 0 Å². The zero-order chi connectivity index (χ0) is 10.7. The van der Waals surface area contributed by atoms with Crippen LogP contribution in [0.25, 0.3) is 0 Å². The average Bonchev–Trinajstić information content (AvgIpc) is 2.77. The van der Waals surface area contributed by atoms with E-state index < -0.39 is 6.10 Å². The second kappa shape index (κ2) is 5.27. The number of thioether (sulfide) groups is 2. The van der Waals surface area contributed by atoms with Crippen LogP contribution in [0.4, 0.5) is 0 Å². The summed E-state index contributed by atoms with van der Waals surface area (Å²) < 4.78 is 2.02. The van der Waals surface area contributed by atoms with Crippen LogP contribution < -0.4 is 0 Å². The zero-order valence-electron chi connectivity index (χ0n) is 8.80.